The third-order valence-electron chi connectivity index (χ3n) is 5.08. The number of hydrogen-bond donors (Lipinski definition) is 1. The van der Waals surface area contributed by atoms with Gasteiger partial charge >= 0.3 is 5.97 Å². The number of aromatic nitrogens is 4. The maximum Gasteiger partial charge on any atom is 0.336 e. The van der Waals surface area contributed by atoms with Gasteiger partial charge in [0.1, 0.15) is 5.82 Å². The summed E-state index contributed by atoms with van der Waals surface area (Å²) in [6.45, 7) is 7.22. The zero-order valence-corrected chi connectivity index (χ0v) is 18.0. The van der Waals surface area contributed by atoms with Gasteiger partial charge in [-0.1, -0.05) is 51.5 Å². The summed E-state index contributed by atoms with van der Waals surface area (Å²) in [7, 11) is 0. The molecular weight excluding hydrogens is 376 g/mol. The lowest BCUT2D eigenvalue weighted by molar-refractivity contribution is 0.0697. The van der Waals surface area contributed by atoms with Crippen LogP contribution in [0.25, 0.3) is 11.3 Å². The van der Waals surface area contributed by atoms with Crippen LogP contribution in [0.1, 0.15) is 67.6 Å². The van der Waals surface area contributed by atoms with E-state index in [0.29, 0.717) is 23.7 Å². The Kier molecular flexibility index (Phi) is 7.33. The van der Waals surface area contributed by atoms with Gasteiger partial charge in [0, 0.05) is 24.6 Å². The first kappa shape index (κ1) is 21.7. The highest BCUT2D eigenvalue weighted by Crippen LogP contribution is 2.22. The highest BCUT2D eigenvalue weighted by atomic mass is 16.4. The predicted molar refractivity (Wildman–Crippen MR) is 118 cm³/mol. The molecule has 0 amide bonds. The minimum Gasteiger partial charge on any atom is -0.478 e. The number of benzene rings is 1. The Labute approximate surface area is 178 Å². The zero-order chi connectivity index (χ0) is 21.5. The maximum atomic E-state index is 11.5. The zero-order valence-electron chi connectivity index (χ0n) is 18.0. The summed E-state index contributed by atoms with van der Waals surface area (Å²) in [4.78, 5) is 20.8. The molecule has 2 heterocycles. The molecule has 3 aromatic rings. The van der Waals surface area contributed by atoms with E-state index in [9.17, 15) is 9.90 Å². The highest BCUT2D eigenvalue weighted by Gasteiger charge is 2.13. The van der Waals surface area contributed by atoms with Crippen molar-refractivity contribution < 1.29 is 9.90 Å². The van der Waals surface area contributed by atoms with Crippen LogP contribution in [0.15, 0.2) is 42.6 Å². The molecule has 0 unspecified atom stereocenters. The smallest absolute Gasteiger partial charge is 0.336 e. The standard InChI is InChI=1S/C24H30N4O2/c1-4-5-10-23-26-22(14-11-17(2)3)27-28(23)16-18-12-13-21(25-15-18)19-8-6-7-9-20(19)24(29)30/h6-9,12-13,15,17H,4-5,10-11,14,16H2,1-3H3,(H,29,30). The Morgan fingerprint density at radius 2 is 1.93 bits per heavy atom. The molecule has 0 fully saturated rings. The Balaban J connectivity index is 1.80. The van der Waals surface area contributed by atoms with Crippen LogP contribution in [0.2, 0.25) is 0 Å². The van der Waals surface area contributed by atoms with Gasteiger partial charge in [0.2, 0.25) is 0 Å². The van der Waals surface area contributed by atoms with Crippen LogP contribution in [-0.2, 0) is 19.4 Å². The molecule has 0 aliphatic rings. The molecule has 158 valence electrons. The van der Waals surface area contributed by atoms with E-state index in [1.54, 1.807) is 24.4 Å². The van der Waals surface area contributed by atoms with Crippen molar-refractivity contribution in [3.63, 3.8) is 0 Å². The highest BCUT2D eigenvalue weighted by molar-refractivity contribution is 5.95. The molecule has 0 spiro atoms. The Hall–Kier alpha value is -3.02. The Bertz CT molecular complexity index is 977. The Morgan fingerprint density at radius 1 is 1.13 bits per heavy atom. The summed E-state index contributed by atoms with van der Waals surface area (Å²) in [5.41, 5.74) is 2.55. The van der Waals surface area contributed by atoms with Crippen LogP contribution in [0.5, 0.6) is 0 Å². The van der Waals surface area contributed by atoms with E-state index in [1.807, 2.05) is 22.9 Å². The molecule has 0 bridgehead atoms. The van der Waals surface area contributed by atoms with Crippen LogP contribution in [0.4, 0.5) is 0 Å². The number of hydrogen-bond acceptors (Lipinski definition) is 4. The van der Waals surface area contributed by atoms with E-state index in [-0.39, 0.29) is 5.56 Å². The number of rotatable bonds is 10. The number of carbonyl (C=O) groups is 1. The fourth-order valence-electron chi connectivity index (χ4n) is 3.34. The van der Waals surface area contributed by atoms with Gasteiger partial charge in [-0.3, -0.25) is 4.98 Å². The lowest BCUT2D eigenvalue weighted by Gasteiger charge is -2.08. The largest absolute Gasteiger partial charge is 0.478 e. The summed E-state index contributed by atoms with van der Waals surface area (Å²) in [5.74, 6) is 1.61. The minimum atomic E-state index is -0.950. The molecule has 0 saturated carbocycles. The first-order chi connectivity index (χ1) is 14.5. The van der Waals surface area contributed by atoms with E-state index < -0.39 is 5.97 Å². The second kappa shape index (κ2) is 10.1. The van der Waals surface area contributed by atoms with E-state index in [4.69, 9.17) is 10.1 Å². The van der Waals surface area contributed by atoms with Crippen molar-refractivity contribution in [2.45, 2.75) is 59.4 Å². The average molecular weight is 407 g/mol. The van der Waals surface area contributed by atoms with Crippen LogP contribution >= 0.6 is 0 Å². The molecule has 3 rings (SSSR count). The number of carboxylic acid groups (broad SMARTS) is 1. The third-order valence-corrected chi connectivity index (χ3v) is 5.08. The SMILES string of the molecule is CCCCc1nc(CCC(C)C)nn1Cc1ccc(-c2ccccc2C(=O)O)nc1. The van der Waals surface area contributed by atoms with Crippen LogP contribution in [0, 0.1) is 5.92 Å². The van der Waals surface area contributed by atoms with Gasteiger partial charge in [-0.05, 0) is 36.5 Å². The number of unbranched alkanes of at least 4 members (excludes halogenated alkanes) is 1. The number of pyridine rings is 1. The van der Waals surface area contributed by atoms with Gasteiger partial charge in [0.05, 0.1) is 17.8 Å². The summed E-state index contributed by atoms with van der Waals surface area (Å²) < 4.78 is 1.99. The van der Waals surface area contributed by atoms with Crippen molar-refractivity contribution in [3.05, 3.63) is 65.4 Å². The fourth-order valence-corrected chi connectivity index (χ4v) is 3.34. The first-order valence-corrected chi connectivity index (χ1v) is 10.7. The van der Waals surface area contributed by atoms with E-state index in [1.165, 1.54) is 0 Å². The first-order valence-electron chi connectivity index (χ1n) is 10.7. The van der Waals surface area contributed by atoms with Crippen LogP contribution < -0.4 is 0 Å². The van der Waals surface area contributed by atoms with Gasteiger partial charge < -0.3 is 5.11 Å². The predicted octanol–water partition coefficient (Wildman–Crippen LogP) is 5.02. The second-order valence-corrected chi connectivity index (χ2v) is 8.04. The molecule has 0 atom stereocenters. The van der Waals surface area contributed by atoms with Gasteiger partial charge in [0.25, 0.3) is 0 Å². The molecule has 1 N–H and O–H groups in total. The number of aromatic carboxylic acids is 1. The fraction of sp³-hybridized carbons (Fsp3) is 0.417. The second-order valence-electron chi connectivity index (χ2n) is 8.04. The summed E-state index contributed by atoms with van der Waals surface area (Å²) >= 11 is 0. The van der Waals surface area contributed by atoms with E-state index >= 15 is 0 Å². The van der Waals surface area contributed by atoms with Crippen molar-refractivity contribution in [1.82, 2.24) is 19.7 Å². The van der Waals surface area contributed by atoms with Gasteiger partial charge in [-0.25, -0.2) is 14.5 Å². The monoisotopic (exact) mass is 406 g/mol. The molecule has 0 aliphatic heterocycles. The molecule has 30 heavy (non-hydrogen) atoms. The summed E-state index contributed by atoms with van der Waals surface area (Å²) in [6, 6.07) is 10.8. The van der Waals surface area contributed by atoms with Crippen LogP contribution in [-0.4, -0.2) is 30.8 Å². The van der Waals surface area contributed by atoms with Crippen LogP contribution in [0.3, 0.4) is 0 Å². The number of carboxylic acids is 1. The van der Waals surface area contributed by atoms with Gasteiger partial charge in [-0.2, -0.15) is 5.10 Å². The molecule has 6 heteroatoms. The Morgan fingerprint density at radius 3 is 2.60 bits per heavy atom. The van der Waals surface area contributed by atoms with Gasteiger partial charge in [-0.15, -0.1) is 0 Å². The third kappa shape index (κ3) is 5.53. The molecule has 2 aromatic heterocycles. The van der Waals surface area contributed by atoms with E-state index in [2.05, 4.69) is 25.8 Å². The summed E-state index contributed by atoms with van der Waals surface area (Å²) in [5, 5.41) is 14.2. The van der Waals surface area contributed by atoms with Crippen molar-refractivity contribution in [2.24, 2.45) is 5.92 Å². The lowest BCUT2D eigenvalue weighted by atomic mass is 10.0. The molecule has 0 aliphatic carbocycles. The van der Waals surface area contributed by atoms with Crippen molar-refractivity contribution in [3.8, 4) is 11.3 Å². The summed E-state index contributed by atoms with van der Waals surface area (Å²) in [6.07, 6.45) is 6.90. The number of aryl methyl sites for hydroxylation is 2. The van der Waals surface area contributed by atoms with Gasteiger partial charge in [0.15, 0.2) is 5.82 Å². The van der Waals surface area contributed by atoms with Crippen molar-refractivity contribution in [1.29, 1.82) is 0 Å². The molecule has 0 saturated heterocycles. The van der Waals surface area contributed by atoms with Crippen molar-refractivity contribution >= 4 is 5.97 Å². The topological polar surface area (TPSA) is 80.9 Å². The minimum absolute atomic E-state index is 0.255. The molecular formula is C24H30N4O2. The maximum absolute atomic E-state index is 11.5. The molecule has 6 nitrogen and oxygen atoms in total. The quantitative estimate of drug-likeness (QED) is 0.511. The lowest BCUT2D eigenvalue weighted by Crippen LogP contribution is -2.08. The molecule has 0 radical (unpaired) electrons. The van der Waals surface area contributed by atoms with Crippen molar-refractivity contribution in [2.75, 3.05) is 0 Å². The normalized spacial score (nSPS) is 11.2. The van der Waals surface area contributed by atoms with E-state index in [0.717, 1.165) is 49.3 Å². The average Bonchev–Trinajstić information content (AvgIpc) is 3.12. The number of nitrogens with zero attached hydrogens (tertiary/aromatic N) is 4. The molecule has 1 aromatic carbocycles.